The summed E-state index contributed by atoms with van der Waals surface area (Å²) in [6, 6.07) is 0. The van der Waals surface area contributed by atoms with Crippen LogP contribution in [0.4, 0.5) is 4.79 Å². The van der Waals surface area contributed by atoms with E-state index in [2.05, 4.69) is 4.99 Å². The summed E-state index contributed by atoms with van der Waals surface area (Å²) < 4.78 is 0. The highest BCUT2D eigenvalue weighted by Gasteiger charge is 2.13. The summed E-state index contributed by atoms with van der Waals surface area (Å²) in [5, 5.41) is 8.45. The molecule has 0 bridgehead atoms. The van der Waals surface area contributed by atoms with Gasteiger partial charge < -0.3 is 5.11 Å². The van der Waals surface area contributed by atoms with Crippen LogP contribution >= 0.6 is 0 Å². The highest BCUT2D eigenvalue weighted by molar-refractivity contribution is 5.92. The number of aliphatic imine (C=N–C) groups is 1. The molecule has 1 aliphatic rings. The average molecular weight is 154 g/mol. The summed E-state index contributed by atoms with van der Waals surface area (Å²) in [7, 11) is 0. The number of hydrogen-bond acceptors (Lipinski definition) is 2. The third kappa shape index (κ3) is 1.89. The molecule has 0 saturated carbocycles. The monoisotopic (exact) mass is 154 g/mol. The van der Waals surface area contributed by atoms with Gasteiger partial charge in [-0.25, -0.2) is 9.79 Å². The van der Waals surface area contributed by atoms with Crippen molar-refractivity contribution in [2.45, 2.75) is 0 Å². The van der Waals surface area contributed by atoms with Gasteiger partial charge in [0.2, 0.25) is 0 Å². The van der Waals surface area contributed by atoms with Crippen molar-refractivity contribution in [3.63, 3.8) is 0 Å². The standard InChI is InChI=1S/C6H6N2O3/c9-5-4-8(6(10)11)3-1-2-7-5/h1-3H,4H2,(H,10,11). The van der Waals surface area contributed by atoms with Gasteiger partial charge in [0.15, 0.2) is 0 Å². The minimum Gasteiger partial charge on any atom is -0.465 e. The molecular formula is C6H6N2O3. The predicted octanol–water partition coefficient (Wildman–Crippen LogP) is 0.0911. The molecule has 2 amide bonds. The molecule has 11 heavy (non-hydrogen) atoms. The van der Waals surface area contributed by atoms with Crippen LogP contribution in [0.3, 0.4) is 0 Å². The van der Waals surface area contributed by atoms with Crippen LogP contribution in [0.15, 0.2) is 17.3 Å². The van der Waals surface area contributed by atoms with Gasteiger partial charge in [-0.1, -0.05) is 0 Å². The summed E-state index contributed by atoms with van der Waals surface area (Å²) in [6.07, 6.45) is 2.81. The molecule has 1 aliphatic heterocycles. The summed E-state index contributed by atoms with van der Waals surface area (Å²) in [5.74, 6) is -0.461. The maximum atomic E-state index is 10.7. The van der Waals surface area contributed by atoms with Crippen LogP contribution in [0.25, 0.3) is 0 Å². The zero-order valence-electron chi connectivity index (χ0n) is 5.60. The maximum Gasteiger partial charge on any atom is 0.411 e. The van der Waals surface area contributed by atoms with Crippen molar-refractivity contribution >= 4 is 18.2 Å². The lowest BCUT2D eigenvalue weighted by Crippen LogP contribution is -2.28. The zero-order chi connectivity index (χ0) is 8.27. The fourth-order valence-electron chi connectivity index (χ4n) is 0.639. The van der Waals surface area contributed by atoms with E-state index < -0.39 is 12.0 Å². The molecule has 58 valence electrons. The molecule has 0 aliphatic carbocycles. The molecule has 0 saturated heterocycles. The largest absolute Gasteiger partial charge is 0.465 e. The maximum absolute atomic E-state index is 10.7. The Morgan fingerprint density at radius 1 is 1.73 bits per heavy atom. The minimum absolute atomic E-state index is 0.206. The van der Waals surface area contributed by atoms with Gasteiger partial charge in [0.1, 0.15) is 6.54 Å². The lowest BCUT2D eigenvalue weighted by molar-refractivity contribution is -0.118. The first kappa shape index (κ1) is 7.46. The number of allylic oxidation sites excluding steroid dienone is 1. The molecule has 0 radical (unpaired) electrons. The topological polar surface area (TPSA) is 70.0 Å². The molecule has 0 fully saturated rings. The van der Waals surface area contributed by atoms with Crippen LogP contribution in [0.1, 0.15) is 0 Å². The molecule has 1 heterocycles. The van der Waals surface area contributed by atoms with Crippen LogP contribution in [-0.2, 0) is 4.79 Å². The number of carboxylic acid groups (broad SMARTS) is 1. The number of carbonyl (C=O) groups excluding carboxylic acids is 1. The molecule has 0 aromatic rings. The van der Waals surface area contributed by atoms with Crippen LogP contribution < -0.4 is 0 Å². The predicted molar refractivity (Wildman–Crippen MR) is 37.4 cm³/mol. The smallest absolute Gasteiger partial charge is 0.411 e. The lowest BCUT2D eigenvalue weighted by Gasteiger charge is -2.08. The van der Waals surface area contributed by atoms with E-state index in [1.165, 1.54) is 18.5 Å². The third-order valence-electron chi connectivity index (χ3n) is 1.12. The first-order valence-corrected chi connectivity index (χ1v) is 2.93. The first-order valence-electron chi connectivity index (χ1n) is 2.93. The highest BCUT2D eigenvalue weighted by Crippen LogP contribution is 1.95. The molecular weight excluding hydrogens is 148 g/mol. The summed E-state index contributed by atoms with van der Waals surface area (Å²) >= 11 is 0. The lowest BCUT2D eigenvalue weighted by atomic mass is 10.5. The molecule has 5 heteroatoms. The number of carbonyl (C=O) groups is 2. The molecule has 0 aromatic carbocycles. The van der Waals surface area contributed by atoms with Gasteiger partial charge >= 0.3 is 6.09 Å². The van der Waals surface area contributed by atoms with E-state index in [0.717, 1.165) is 4.90 Å². The van der Waals surface area contributed by atoms with E-state index in [1.807, 2.05) is 0 Å². The van der Waals surface area contributed by atoms with Crippen LogP contribution in [0, 0.1) is 0 Å². The summed E-state index contributed by atoms with van der Waals surface area (Å²) in [6.45, 7) is -0.206. The second-order valence-electron chi connectivity index (χ2n) is 1.92. The van der Waals surface area contributed by atoms with Crippen molar-refractivity contribution in [1.29, 1.82) is 0 Å². The normalized spacial score (nSPS) is 16.7. The summed E-state index contributed by atoms with van der Waals surface area (Å²) in [4.78, 5) is 25.2. The van der Waals surface area contributed by atoms with E-state index in [-0.39, 0.29) is 6.54 Å². The summed E-state index contributed by atoms with van der Waals surface area (Å²) in [5.41, 5.74) is 0. The second-order valence-corrected chi connectivity index (χ2v) is 1.92. The van der Waals surface area contributed by atoms with Gasteiger partial charge in [-0.2, -0.15) is 0 Å². The number of amides is 2. The Balaban J connectivity index is 2.72. The van der Waals surface area contributed by atoms with Gasteiger partial charge in [0.25, 0.3) is 5.91 Å². The van der Waals surface area contributed by atoms with Crippen molar-refractivity contribution in [3.8, 4) is 0 Å². The van der Waals surface area contributed by atoms with Crippen LogP contribution in [0.5, 0.6) is 0 Å². The third-order valence-corrected chi connectivity index (χ3v) is 1.12. The fraction of sp³-hybridized carbons (Fsp3) is 0.167. The second kappa shape index (κ2) is 2.96. The molecule has 0 aromatic heterocycles. The molecule has 5 nitrogen and oxygen atoms in total. The highest BCUT2D eigenvalue weighted by atomic mass is 16.4. The van der Waals surface area contributed by atoms with Crippen molar-refractivity contribution < 1.29 is 14.7 Å². The van der Waals surface area contributed by atoms with E-state index >= 15 is 0 Å². The van der Waals surface area contributed by atoms with E-state index in [9.17, 15) is 9.59 Å². The van der Waals surface area contributed by atoms with Crippen molar-refractivity contribution in [2.24, 2.45) is 4.99 Å². The van der Waals surface area contributed by atoms with Gasteiger partial charge in [0, 0.05) is 12.4 Å². The molecule has 1 N–H and O–H groups in total. The molecule has 0 atom stereocenters. The van der Waals surface area contributed by atoms with Crippen LogP contribution in [-0.4, -0.2) is 34.8 Å². The zero-order valence-corrected chi connectivity index (χ0v) is 5.60. The van der Waals surface area contributed by atoms with E-state index in [0.29, 0.717) is 0 Å². The number of hydrogen-bond donors (Lipinski definition) is 1. The Labute approximate surface area is 62.6 Å². The number of rotatable bonds is 0. The number of nitrogens with zero attached hydrogens (tertiary/aromatic N) is 2. The van der Waals surface area contributed by atoms with Gasteiger partial charge in [-0.15, -0.1) is 0 Å². The fourth-order valence-corrected chi connectivity index (χ4v) is 0.639. The van der Waals surface area contributed by atoms with Crippen molar-refractivity contribution in [3.05, 3.63) is 12.3 Å². The van der Waals surface area contributed by atoms with Crippen molar-refractivity contribution in [2.75, 3.05) is 6.54 Å². The Hall–Kier alpha value is -1.65. The van der Waals surface area contributed by atoms with E-state index in [4.69, 9.17) is 5.11 Å². The Bertz CT molecular complexity index is 244. The quantitative estimate of drug-likeness (QED) is 0.537. The van der Waals surface area contributed by atoms with Gasteiger partial charge in [0.05, 0.1) is 0 Å². The Morgan fingerprint density at radius 3 is 3.09 bits per heavy atom. The Kier molecular flexibility index (Phi) is 2.00. The molecule has 1 rings (SSSR count). The molecule has 0 unspecified atom stereocenters. The minimum atomic E-state index is -1.15. The Morgan fingerprint density at radius 2 is 2.45 bits per heavy atom. The van der Waals surface area contributed by atoms with Crippen molar-refractivity contribution in [1.82, 2.24) is 4.90 Å². The average Bonchev–Trinajstić information content (AvgIpc) is 2.13. The van der Waals surface area contributed by atoms with Crippen LogP contribution in [0.2, 0.25) is 0 Å². The molecule has 0 spiro atoms. The first-order chi connectivity index (χ1) is 5.20. The SMILES string of the molecule is O=C1CN(C(=O)O)C=CC=N1. The van der Waals surface area contributed by atoms with E-state index in [1.54, 1.807) is 0 Å². The van der Waals surface area contributed by atoms with Gasteiger partial charge in [-0.3, -0.25) is 9.69 Å². The van der Waals surface area contributed by atoms with Gasteiger partial charge in [-0.05, 0) is 6.08 Å².